The van der Waals surface area contributed by atoms with Gasteiger partial charge in [-0.1, -0.05) is 6.07 Å². The Balaban J connectivity index is 2.11. The number of aromatic nitrogens is 1. The number of para-hydroxylation sites is 1. The first-order valence-electron chi connectivity index (χ1n) is 5.99. The quantitative estimate of drug-likeness (QED) is 0.584. The molecule has 1 heterocycles. The first kappa shape index (κ1) is 14.0. The number of nitrogens with zero attached hydrogens (tertiary/aromatic N) is 1. The SMILES string of the molecule is Cc1nc(CNC(=O)c2cccc(F)c2NN)oc1C. The van der Waals surface area contributed by atoms with Crippen LogP contribution >= 0.6 is 0 Å². The van der Waals surface area contributed by atoms with Crippen molar-refractivity contribution in [1.29, 1.82) is 0 Å². The number of oxazole rings is 1. The zero-order valence-electron chi connectivity index (χ0n) is 11.2. The number of carbonyl (C=O) groups excluding carboxylic acids is 1. The van der Waals surface area contributed by atoms with E-state index in [4.69, 9.17) is 10.3 Å². The molecule has 0 bridgehead atoms. The summed E-state index contributed by atoms with van der Waals surface area (Å²) in [7, 11) is 0. The molecule has 1 aromatic carbocycles. The molecule has 4 N–H and O–H groups in total. The molecule has 1 amide bonds. The maximum atomic E-state index is 13.5. The minimum Gasteiger partial charge on any atom is -0.444 e. The van der Waals surface area contributed by atoms with Gasteiger partial charge in [0.15, 0.2) is 0 Å². The van der Waals surface area contributed by atoms with E-state index in [2.05, 4.69) is 15.7 Å². The number of nitrogens with one attached hydrogen (secondary N) is 2. The van der Waals surface area contributed by atoms with Gasteiger partial charge in [-0.3, -0.25) is 10.6 Å². The van der Waals surface area contributed by atoms with Crippen molar-refractivity contribution >= 4 is 11.6 Å². The summed E-state index contributed by atoms with van der Waals surface area (Å²) in [6.45, 7) is 3.72. The summed E-state index contributed by atoms with van der Waals surface area (Å²) in [6, 6.07) is 4.12. The van der Waals surface area contributed by atoms with E-state index in [0.29, 0.717) is 11.7 Å². The summed E-state index contributed by atoms with van der Waals surface area (Å²) in [5.41, 5.74) is 3.02. The second-order valence-electron chi connectivity index (χ2n) is 4.24. The van der Waals surface area contributed by atoms with E-state index < -0.39 is 11.7 Å². The Hall–Kier alpha value is -2.41. The Morgan fingerprint density at radius 1 is 1.45 bits per heavy atom. The molecule has 0 unspecified atom stereocenters. The van der Waals surface area contributed by atoms with E-state index in [-0.39, 0.29) is 17.8 Å². The van der Waals surface area contributed by atoms with Crippen LogP contribution in [0.2, 0.25) is 0 Å². The Morgan fingerprint density at radius 3 is 2.80 bits per heavy atom. The third-order valence-electron chi connectivity index (χ3n) is 2.88. The number of hydrazine groups is 1. The maximum absolute atomic E-state index is 13.5. The fourth-order valence-electron chi connectivity index (χ4n) is 1.73. The predicted molar refractivity (Wildman–Crippen MR) is 71.4 cm³/mol. The van der Waals surface area contributed by atoms with Gasteiger partial charge in [-0.15, -0.1) is 0 Å². The van der Waals surface area contributed by atoms with Gasteiger partial charge in [0.2, 0.25) is 5.89 Å². The molecule has 0 saturated heterocycles. The highest BCUT2D eigenvalue weighted by atomic mass is 19.1. The summed E-state index contributed by atoms with van der Waals surface area (Å²) in [6.07, 6.45) is 0. The van der Waals surface area contributed by atoms with Gasteiger partial charge in [0.1, 0.15) is 11.6 Å². The van der Waals surface area contributed by atoms with Crippen LogP contribution in [0.15, 0.2) is 22.6 Å². The maximum Gasteiger partial charge on any atom is 0.253 e. The van der Waals surface area contributed by atoms with E-state index >= 15 is 0 Å². The standard InChI is InChI=1S/C13H15FN4O2/c1-7-8(2)20-11(17-7)6-16-13(19)9-4-3-5-10(14)12(9)18-15/h3-5,18H,6,15H2,1-2H3,(H,16,19). The molecule has 0 spiro atoms. The van der Waals surface area contributed by atoms with Gasteiger partial charge in [0.25, 0.3) is 5.91 Å². The van der Waals surface area contributed by atoms with E-state index in [9.17, 15) is 9.18 Å². The molecule has 0 fully saturated rings. The monoisotopic (exact) mass is 278 g/mol. The van der Waals surface area contributed by atoms with Crippen LogP contribution in [0, 0.1) is 19.7 Å². The molecule has 6 nitrogen and oxygen atoms in total. The van der Waals surface area contributed by atoms with Crippen LogP contribution in [0.1, 0.15) is 27.7 Å². The molecule has 2 rings (SSSR count). The van der Waals surface area contributed by atoms with Crippen molar-refractivity contribution in [2.75, 3.05) is 5.43 Å². The van der Waals surface area contributed by atoms with Gasteiger partial charge in [-0.2, -0.15) is 0 Å². The second kappa shape index (κ2) is 5.70. The number of halogens is 1. The van der Waals surface area contributed by atoms with Crippen molar-refractivity contribution in [3.63, 3.8) is 0 Å². The summed E-state index contributed by atoms with van der Waals surface area (Å²) in [4.78, 5) is 16.1. The first-order valence-corrected chi connectivity index (χ1v) is 5.99. The van der Waals surface area contributed by atoms with E-state index in [1.807, 2.05) is 6.92 Å². The highest BCUT2D eigenvalue weighted by Gasteiger charge is 2.15. The zero-order chi connectivity index (χ0) is 14.7. The number of benzene rings is 1. The lowest BCUT2D eigenvalue weighted by Crippen LogP contribution is -2.25. The van der Waals surface area contributed by atoms with E-state index in [1.54, 1.807) is 6.92 Å². The molecular formula is C13H15FN4O2. The average molecular weight is 278 g/mol. The predicted octanol–water partition coefficient (Wildman–Crippen LogP) is 1.65. The number of rotatable bonds is 4. The molecule has 2 aromatic rings. The minimum atomic E-state index is -0.594. The summed E-state index contributed by atoms with van der Waals surface area (Å²) in [5.74, 6) is 5.25. The Bertz CT molecular complexity index is 620. The van der Waals surface area contributed by atoms with E-state index in [1.165, 1.54) is 18.2 Å². The van der Waals surface area contributed by atoms with E-state index in [0.717, 1.165) is 5.69 Å². The normalized spacial score (nSPS) is 10.4. The third-order valence-corrected chi connectivity index (χ3v) is 2.88. The van der Waals surface area contributed by atoms with Gasteiger partial charge >= 0.3 is 0 Å². The minimum absolute atomic E-state index is 0.0511. The number of aryl methyl sites for hydroxylation is 2. The molecule has 7 heteroatoms. The number of anilines is 1. The van der Waals surface area contributed by atoms with Crippen LogP contribution in [0.4, 0.5) is 10.1 Å². The highest BCUT2D eigenvalue weighted by Crippen LogP contribution is 2.18. The van der Waals surface area contributed by atoms with Gasteiger partial charge in [-0.05, 0) is 26.0 Å². The summed E-state index contributed by atoms with van der Waals surface area (Å²) >= 11 is 0. The third kappa shape index (κ3) is 2.77. The second-order valence-corrected chi connectivity index (χ2v) is 4.24. The lowest BCUT2D eigenvalue weighted by Gasteiger charge is -2.09. The summed E-state index contributed by atoms with van der Waals surface area (Å²) < 4.78 is 18.8. The molecule has 106 valence electrons. The molecule has 0 aliphatic carbocycles. The topological polar surface area (TPSA) is 93.2 Å². The van der Waals surface area contributed by atoms with Crippen LogP contribution in [-0.2, 0) is 6.54 Å². The molecule has 0 aliphatic rings. The lowest BCUT2D eigenvalue weighted by atomic mass is 10.1. The molecular weight excluding hydrogens is 263 g/mol. The summed E-state index contributed by atoms with van der Waals surface area (Å²) in [5, 5.41) is 2.60. The fraction of sp³-hybridized carbons (Fsp3) is 0.231. The van der Waals surface area contributed by atoms with Crippen molar-refractivity contribution in [1.82, 2.24) is 10.3 Å². The van der Waals surface area contributed by atoms with Crippen molar-refractivity contribution < 1.29 is 13.6 Å². The van der Waals surface area contributed by atoms with Crippen molar-refractivity contribution in [3.8, 4) is 0 Å². The van der Waals surface area contributed by atoms with Crippen molar-refractivity contribution in [3.05, 3.63) is 46.9 Å². The van der Waals surface area contributed by atoms with Gasteiger partial charge in [-0.25, -0.2) is 9.37 Å². The fourth-order valence-corrected chi connectivity index (χ4v) is 1.73. The zero-order valence-corrected chi connectivity index (χ0v) is 11.2. The smallest absolute Gasteiger partial charge is 0.253 e. The van der Waals surface area contributed by atoms with Crippen molar-refractivity contribution in [2.45, 2.75) is 20.4 Å². The van der Waals surface area contributed by atoms with Crippen LogP contribution in [0.3, 0.4) is 0 Å². The molecule has 1 aromatic heterocycles. The number of nitrogen functional groups attached to an aromatic ring is 1. The van der Waals surface area contributed by atoms with Crippen LogP contribution in [-0.4, -0.2) is 10.9 Å². The molecule has 0 radical (unpaired) electrons. The molecule has 0 atom stereocenters. The van der Waals surface area contributed by atoms with Gasteiger partial charge in [0.05, 0.1) is 23.5 Å². The van der Waals surface area contributed by atoms with Crippen LogP contribution in [0.25, 0.3) is 0 Å². The number of hydrogen-bond donors (Lipinski definition) is 3. The Labute approximate surface area is 115 Å². The molecule has 0 saturated carbocycles. The first-order chi connectivity index (χ1) is 9.52. The molecule has 0 aliphatic heterocycles. The number of nitrogens with two attached hydrogens (primary N) is 1. The van der Waals surface area contributed by atoms with Gasteiger partial charge < -0.3 is 15.2 Å². The average Bonchev–Trinajstić information content (AvgIpc) is 2.75. The Kier molecular flexibility index (Phi) is 3.99. The van der Waals surface area contributed by atoms with Crippen LogP contribution in [0.5, 0.6) is 0 Å². The highest BCUT2D eigenvalue weighted by molar-refractivity contribution is 5.99. The Morgan fingerprint density at radius 2 is 2.20 bits per heavy atom. The largest absolute Gasteiger partial charge is 0.444 e. The molecule has 20 heavy (non-hydrogen) atoms. The van der Waals surface area contributed by atoms with Crippen LogP contribution < -0.4 is 16.6 Å². The van der Waals surface area contributed by atoms with Crippen molar-refractivity contribution in [2.24, 2.45) is 5.84 Å². The number of carbonyl (C=O) groups is 1. The van der Waals surface area contributed by atoms with Gasteiger partial charge in [0, 0.05) is 0 Å². The number of amides is 1. The lowest BCUT2D eigenvalue weighted by molar-refractivity contribution is 0.0947. The number of hydrogen-bond acceptors (Lipinski definition) is 5.